The summed E-state index contributed by atoms with van der Waals surface area (Å²) >= 11 is 0. The molecule has 2 nitrogen and oxygen atoms in total. The quantitative estimate of drug-likeness (QED) is 0.140. The summed E-state index contributed by atoms with van der Waals surface area (Å²) in [4.78, 5) is 5.16. The lowest BCUT2D eigenvalue weighted by atomic mass is 9.67. The second-order valence-electron chi connectivity index (χ2n) is 23.6. The topological polar surface area (TPSA) is 6.48 Å². The van der Waals surface area contributed by atoms with E-state index in [4.69, 9.17) is 0 Å². The normalized spacial score (nSPS) is 15.0. The molecule has 13 aromatic rings. The van der Waals surface area contributed by atoms with Gasteiger partial charge in [-0.3, -0.25) is 0 Å². The maximum Gasteiger partial charge on any atom is 0.0713 e. The minimum Gasteiger partial charge on any atom is -0.341 e. The number of benzene rings is 13. The lowest BCUT2D eigenvalue weighted by Crippen LogP contribution is -2.28. The summed E-state index contributed by atoms with van der Waals surface area (Å²) in [5, 5.41) is 4.97. The molecule has 0 bridgehead atoms. The van der Waals surface area contributed by atoms with E-state index in [1.54, 1.807) is 0 Å². The molecule has 0 radical (unpaired) electrons. The van der Waals surface area contributed by atoms with Gasteiger partial charge in [-0.15, -0.1) is 0 Å². The Morgan fingerprint density at radius 1 is 0.262 bits per heavy atom. The Morgan fingerprint density at radius 3 is 1.01 bits per heavy atom. The van der Waals surface area contributed by atoms with Crippen LogP contribution in [0.25, 0.3) is 66.1 Å². The molecule has 13 aromatic carbocycles. The summed E-state index contributed by atoms with van der Waals surface area (Å²) < 4.78 is 0. The number of aryl methyl sites for hydroxylation is 2. The molecule has 0 fully saturated rings. The number of hydrogen-bond donors (Lipinski definition) is 0. The van der Waals surface area contributed by atoms with Crippen LogP contribution < -0.4 is 9.80 Å². The molecule has 2 heterocycles. The fourth-order valence-corrected chi connectivity index (χ4v) is 16.0. The number of nitrogens with zero attached hydrogens (tertiary/aromatic N) is 2. The molecule has 0 atom stereocenters. The summed E-state index contributed by atoms with van der Waals surface area (Å²) in [6.07, 6.45) is 4.37. The van der Waals surface area contributed by atoms with Crippen molar-refractivity contribution in [3.8, 4) is 44.5 Å². The Labute approximate surface area is 492 Å². The second kappa shape index (κ2) is 19.3. The average molecular weight is 1070 g/mol. The monoisotopic (exact) mass is 1070 g/mol. The van der Waals surface area contributed by atoms with Gasteiger partial charge in [-0.1, -0.05) is 243 Å². The van der Waals surface area contributed by atoms with Gasteiger partial charge >= 0.3 is 0 Å². The highest BCUT2D eigenvalue weighted by molar-refractivity contribution is 6.23. The van der Waals surface area contributed by atoms with Crippen molar-refractivity contribution in [1.82, 2.24) is 0 Å². The Morgan fingerprint density at radius 2 is 0.607 bits per heavy atom. The Bertz CT molecular complexity index is 4350. The molecular weight excluding hydrogens is 1010 g/mol. The first kappa shape index (κ1) is 48.7. The Kier molecular flexibility index (Phi) is 11.2. The third-order valence-electron chi connectivity index (χ3n) is 19.4. The lowest BCUT2D eigenvalue weighted by Gasteiger charge is -2.34. The highest BCUT2D eigenvalue weighted by Crippen LogP contribution is 2.60. The molecule has 0 N–H and O–H groups in total. The molecule has 398 valence electrons. The molecule has 0 aromatic heterocycles. The molecule has 0 unspecified atom stereocenters. The summed E-state index contributed by atoms with van der Waals surface area (Å²) in [5.41, 5.74) is 27.1. The number of hydrogen-bond acceptors (Lipinski definition) is 2. The van der Waals surface area contributed by atoms with Crippen LogP contribution in [-0.4, -0.2) is 13.1 Å². The Hall–Kier alpha value is -10.0. The summed E-state index contributed by atoms with van der Waals surface area (Å²) in [6, 6.07) is 111. The number of para-hydroxylation sites is 2. The summed E-state index contributed by atoms with van der Waals surface area (Å²) in [7, 11) is 0. The zero-order chi connectivity index (χ0) is 55.3. The predicted octanol–water partition coefficient (Wildman–Crippen LogP) is 20.2. The first-order valence-corrected chi connectivity index (χ1v) is 30.1. The van der Waals surface area contributed by atoms with E-state index in [1.807, 2.05) is 0 Å². The average Bonchev–Trinajstić information content (AvgIpc) is 3.51. The van der Waals surface area contributed by atoms with E-state index in [2.05, 4.69) is 301 Å². The molecule has 2 heteroatoms. The molecule has 84 heavy (non-hydrogen) atoms. The van der Waals surface area contributed by atoms with Crippen molar-refractivity contribution in [3.05, 3.63) is 347 Å². The minimum atomic E-state index is -0.556. The van der Waals surface area contributed by atoms with Crippen LogP contribution in [0.3, 0.4) is 0 Å². The van der Waals surface area contributed by atoms with E-state index < -0.39 is 10.8 Å². The van der Waals surface area contributed by atoms with Gasteiger partial charge in [-0.05, 0) is 196 Å². The predicted molar refractivity (Wildman–Crippen MR) is 350 cm³/mol. The Balaban J connectivity index is 0.995. The number of anilines is 4. The van der Waals surface area contributed by atoms with Crippen LogP contribution in [0, 0.1) is 0 Å². The highest BCUT2D eigenvalue weighted by Gasteiger charge is 2.48. The van der Waals surface area contributed by atoms with Crippen LogP contribution in [0.15, 0.2) is 291 Å². The first-order valence-electron chi connectivity index (χ1n) is 30.1. The van der Waals surface area contributed by atoms with Crippen molar-refractivity contribution in [2.75, 3.05) is 22.9 Å². The van der Waals surface area contributed by atoms with E-state index in [0.29, 0.717) is 0 Å². The van der Waals surface area contributed by atoms with E-state index in [0.717, 1.165) is 38.8 Å². The molecule has 4 aliphatic rings. The van der Waals surface area contributed by atoms with Crippen molar-refractivity contribution in [1.29, 1.82) is 0 Å². The molecule has 2 aliphatic carbocycles. The zero-order valence-electron chi connectivity index (χ0n) is 46.8. The van der Waals surface area contributed by atoms with E-state index in [-0.39, 0.29) is 0 Å². The van der Waals surface area contributed by atoms with Crippen molar-refractivity contribution in [2.24, 2.45) is 0 Å². The molecule has 2 aliphatic heterocycles. The van der Waals surface area contributed by atoms with E-state index in [9.17, 15) is 0 Å². The molecule has 0 saturated heterocycles. The molecule has 0 saturated carbocycles. The van der Waals surface area contributed by atoms with Crippen LogP contribution in [-0.2, 0) is 23.7 Å². The maximum absolute atomic E-state index is 2.58. The van der Waals surface area contributed by atoms with Gasteiger partial charge in [0.1, 0.15) is 0 Å². The third kappa shape index (κ3) is 7.10. The fraction of sp³-hybridized carbons (Fsp3) is 0.0976. The minimum absolute atomic E-state index is 0.556. The van der Waals surface area contributed by atoms with Gasteiger partial charge in [0.15, 0.2) is 0 Å². The van der Waals surface area contributed by atoms with Gasteiger partial charge in [-0.25, -0.2) is 0 Å². The molecular formula is C82H60N2. The van der Waals surface area contributed by atoms with Gasteiger partial charge in [0, 0.05) is 35.8 Å². The summed E-state index contributed by atoms with van der Waals surface area (Å²) in [6.45, 7) is 1.92. The largest absolute Gasteiger partial charge is 0.341 e. The molecule has 0 amide bonds. The van der Waals surface area contributed by atoms with Crippen LogP contribution in [0.1, 0.15) is 68.5 Å². The van der Waals surface area contributed by atoms with Gasteiger partial charge < -0.3 is 9.80 Å². The third-order valence-corrected chi connectivity index (χ3v) is 19.4. The SMILES string of the molecule is c1ccc(C2(c3ccccc3)c3ccccc3-c3ccc(-c4c5ccc(N6CCCc7ccccc76)cc5c(-c5ccc6c(c5)C(c5ccccc5)(c5ccccc5)c5ccccc5-6)c5ccc(N6CCCc7ccccc76)cc45)cc32)cc1. The number of rotatable bonds is 8. The highest BCUT2D eigenvalue weighted by atomic mass is 15.1. The van der Waals surface area contributed by atoms with Crippen LogP contribution >= 0.6 is 0 Å². The fourth-order valence-electron chi connectivity index (χ4n) is 16.0. The smallest absolute Gasteiger partial charge is 0.0713 e. The number of fused-ring (bicyclic) bond motifs is 10. The first-order chi connectivity index (χ1) is 41.7. The second-order valence-corrected chi connectivity index (χ2v) is 23.6. The van der Waals surface area contributed by atoms with Crippen LogP contribution in [0.2, 0.25) is 0 Å². The van der Waals surface area contributed by atoms with Gasteiger partial charge in [-0.2, -0.15) is 0 Å². The van der Waals surface area contributed by atoms with Crippen molar-refractivity contribution < 1.29 is 0 Å². The van der Waals surface area contributed by atoms with Crippen molar-refractivity contribution >= 4 is 44.3 Å². The van der Waals surface area contributed by atoms with Crippen molar-refractivity contribution in [2.45, 2.75) is 36.5 Å². The maximum atomic E-state index is 2.58. The van der Waals surface area contributed by atoms with Gasteiger partial charge in [0.25, 0.3) is 0 Å². The van der Waals surface area contributed by atoms with Gasteiger partial charge in [0.05, 0.1) is 10.8 Å². The standard InChI is InChI=1S/C82H60N2/c1-5-27-59(28-6-1)81(60-29-7-2-8-30-60)73-37-17-15-35-65(73)67-45-41-57(51-75(67)81)79-69-47-43-64(84-50-22-26-56-24-14-20-40-78(56)84)54-72(69)80(70-48-44-63(53-71(70)79)83-49-21-25-55-23-13-19-39-77(55)83)58-42-46-68-66-36-16-18-38-74(66)82(76(68)52-58,61-31-9-3-10-32-61)62-33-11-4-12-34-62/h1-20,23-24,27-48,51-54H,21-22,25-26,49-50H2. The van der Waals surface area contributed by atoms with Crippen LogP contribution in [0.5, 0.6) is 0 Å². The molecule has 0 spiro atoms. The summed E-state index contributed by atoms with van der Waals surface area (Å²) in [5.74, 6) is 0. The molecule has 17 rings (SSSR count). The zero-order valence-corrected chi connectivity index (χ0v) is 46.8. The lowest BCUT2D eigenvalue weighted by molar-refractivity contribution is 0.767. The van der Waals surface area contributed by atoms with Gasteiger partial charge in [0.2, 0.25) is 0 Å². The van der Waals surface area contributed by atoms with E-state index in [1.165, 1.54) is 144 Å². The van der Waals surface area contributed by atoms with Crippen LogP contribution in [0.4, 0.5) is 22.7 Å². The van der Waals surface area contributed by atoms with E-state index >= 15 is 0 Å². The van der Waals surface area contributed by atoms with Crippen molar-refractivity contribution in [3.63, 3.8) is 0 Å².